The van der Waals surface area contributed by atoms with E-state index in [2.05, 4.69) is 10.2 Å². The van der Waals surface area contributed by atoms with E-state index < -0.39 is 0 Å². The number of benzene rings is 2. The highest BCUT2D eigenvalue weighted by atomic mass is 16.5. The average molecular weight is 405 g/mol. The zero-order chi connectivity index (χ0) is 21.3. The van der Waals surface area contributed by atoms with Gasteiger partial charge in [0.25, 0.3) is 11.5 Å². The molecular weight excluding hydrogens is 382 g/mol. The highest BCUT2D eigenvalue weighted by Gasteiger charge is 2.16. The fourth-order valence-corrected chi connectivity index (χ4v) is 3.42. The molecule has 0 spiro atoms. The molecule has 1 amide bonds. The number of ether oxygens (including phenoxy) is 1. The quantitative estimate of drug-likeness (QED) is 0.493. The normalized spacial score (nSPS) is 11.2. The van der Waals surface area contributed by atoms with Gasteiger partial charge >= 0.3 is 0 Å². The molecular formula is C22H23N5O3. The third kappa shape index (κ3) is 3.30. The number of aryl methyl sites for hydroxylation is 1. The van der Waals surface area contributed by atoms with Crippen molar-refractivity contribution in [3.8, 4) is 5.75 Å². The summed E-state index contributed by atoms with van der Waals surface area (Å²) in [4.78, 5) is 26.8. The van der Waals surface area contributed by atoms with Crippen molar-refractivity contribution in [2.24, 2.45) is 0 Å². The first-order valence-electron chi connectivity index (χ1n) is 9.89. The maximum Gasteiger partial charge on any atom is 0.262 e. The van der Waals surface area contributed by atoms with Crippen LogP contribution in [-0.2, 0) is 13.2 Å². The van der Waals surface area contributed by atoms with Crippen molar-refractivity contribution in [1.82, 2.24) is 24.1 Å². The van der Waals surface area contributed by atoms with Crippen LogP contribution in [0.25, 0.3) is 16.7 Å². The van der Waals surface area contributed by atoms with Gasteiger partial charge in [0.05, 0.1) is 10.9 Å². The Balaban J connectivity index is 1.70. The standard InChI is InChI=1S/C22H23N5O3/c1-4-25(3)20(28)15-9-8-10-16(13-15)30-14-19-23-24-22-26(5-2)21(29)17-11-6-7-12-18(17)27(19)22/h6-13H,4-5,14H2,1-3H3. The van der Waals surface area contributed by atoms with Crippen LogP contribution < -0.4 is 10.3 Å². The summed E-state index contributed by atoms with van der Waals surface area (Å²) in [6.07, 6.45) is 0. The number of carbonyl (C=O) groups is 1. The maximum atomic E-state index is 12.8. The van der Waals surface area contributed by atoms with E-state index in [1.54, 1.807) is 46.8 Å². The lowest BCUT2D eigenvalue weighted by Crippen LogP contribution is -2.26. The van der Waals surface area contributed by atoms with Gasteiger partial charge in [-0.1, -0.05) is 18.2 Å². The Labute approximate surface area is 173 Å². The molecule has 4 aromatic rings. The van der Waals surface area contributed by atoms with Crippen LogP contribution in [0.15, 0.2) is 53.3 Å². The Morgan fingerprint density at radius 1 is 1.10 bits per heavy atom. The first-order chi connectivity index (χ1) is 14.5. The summed E-state index contributed by atoms with van der Waals surface area (Å²) in [6, 6.07) is 14.5. The molecule has 0 bridgehead atoms. The van der Waals surface area contributed by atoms with Crippen LogP contribution in [0.2, 0.25) is 0 Å². The van der Waals surface area contributed by atoms with Crippen molar-refractivity contribution in [1.29, 1.82) is 0 Å². The minimum absolute atomic E-state index is 0.0613. The van der Waals surface area contributed by atoms with Gasteiger partial charge in [-0.3, -0.25) is 18.6 Å². The molecule has 2 heterocycles. The van der Waals surface area contributed by atoms with Crippen molar-refractivity contribution in [2.75, 3.05) is 13.6 Å². The highest BCUT2D eigenvalue weighted by Crippen LogP contribution is 2.18. The van der Waals surface area contributed by atoms with Crippen molar-refractivity contribution >= 4 is 22.6 Å². The minimum atomic E-state index is -0.0910. The number of hydrogen-bond donors (Lipinski definition) is 0. The van der Waals surface area contributed by atoms with E-state index in [-0.39, 0.29) is 18.1 Å². The van der Waals surface area contributed by atoms with Gasteiger partial charge in [0, 0.05) is 25.7 Å². The monoisotopic (exact) mass is 405 g/mol. The molecule has 0 atom stereocenters. The molecule has 0 radical (unpaired) electrons. The summed E-state index contributed by atoms with van der Waals surface area (Å²) in [5.41, 5.74) is 1.21. The zero-order valence-electron chi connectivity index (χ0n) is 17.2. The maximum absolute atomic E-state index is 12.8. The summed E-state index contributed by atoms with van der Waals surface area (Å²) in [7, 11) is 1.76. The smallest absolute Gasteiger partial charge is 0.262 e. The van der Waals surface area contributed by atoms with E-state index in [1.165, 1.54) is 0 Å². The van der Waals surface area contributed by atoms with Crippen LogP contribution in [0.5, 0.6) is 5.75 Å². The number of fused-ring (bicyclic) bond motifs is 3. The van der Waals surface area contributed by atoms with E-state index in [1.807, 2.05) is 36.4 Å². The van der Waals surface area contributed by atoms with Gasteiger partial charge in [-0.2, -0.15) is 0 Å². The number of rotatable bonds is 6. The van der Waals surface area contributed by atoms with E-state index >= 15 is 0 Å². The molecule has 0 N–H and O–H groups in total. The van der Waals surface area contributed by atoms with Crippen molar-refractivity contribution < 1.29 is 9.53 Å². The summed E-state index contributed by atoms with van der Waals surface area (Å²) < 4.78 is 9.38. The molecule has 0 aliphatic rings. The number of hydrogen-bond acceptors (Lipinski definition) is 5. The Kier molecular flexibility index (Phi) is 5.22. The average Bonchev–Trinajstić information content (AvgIpc) is 3.21. The number of amides is 1. The number of para-hydroxylation sites is 1. The van der Waals surface area contributed by atoms with E-state index in [0.29, 0.717) is 41.4 Å². The Hall–Kier alpha value is -3.68. The number of nitrogens with zero attached hydrogens (tertiary/aromatic N) is 5. The van der Waals surface area contributed by atoms with Gasteiger partial charge in [0.15, 0.2) is 5.82 Å². The van der Waals surface area contributed by atoms with Crippen LogP contribution in [0.4, 0.5) is 0 Å². The van der Waals surface area contributed by atoms with Gasteiger partial charge in [-0.05, 0) is 44.2 Å². The Morgan fingerprint density at radius 3 is 2.67 bits per heavy atom. The van der Waals surface area contributed by atoms with E-state index in [4.69, 9.17) is 4.74 Å². The fourth-order valence-electron chi connectivity index (χ4n) is 3.42. The molecule has 0 unspecified atom stereocenters. The lowest BCUT2D eigenvalue weighted by Gasteiger charge is -2.15. The molecule has 0 saturated carbocycles. The molecule has 0 aliphatic carbocycles. The Bertz CT molecular complexity index is 1290. The molecule has 0 saturated heterocycles. The fraction of sp³-hybridized carbons (Fsp3) is 0.273. The lowest BCUT2D eigenvalue weighted by atomic mass is 10.2. The number of aromatic nitrogens is 4. The van der Waals surface area contributed by atoms with Crippen molar-refractivity contribution in [3.05, 3.63) is 70.3 Å². The topological polar surface area (TPSA) is 81.7 Å². The molecule has 4 rings (SSSR count). The second-order valence-corrected chi connectivity index (χ2v) is 6.95. The van der Waals surface area contributed by atoms with Crippen LogP contribution >= 0.6 is 0 Å². The SMILES string of the molecule is CCN(C)C(=O)c1cccc(OCc2nnc3n(CC)c(=O)c4ccccc4n23)c1. The largest absolute Gasteiger partial charge is 0.486 e. The van der Waals surface area contributed by atoms with Crippen LogP contribution in [0.3, 0.4) is 0 Å². The van der Waals surface area contributed by atoms with Crippen molar-refractivity contribution in [2.45, 2.75) is 27.0 Å². The summed E-state index contributed by atoms with van der Waals surface area (Å²) in [5, 5.41) is 9.09. The molecule has 2 aromatic heterocycles. The second-order valence-electron chi connectivity index (χ2n) is 6.95. The van der Waals surface area contributed by atoms with Crippen LogP contribution in [0.1, 0.15) is 30.0 Å². The summed E-state index contributed by atoms with van der Waals surface area (Å²) >= 11 is 0. The summed E-state index contributed by atoms with van der Waals surface area (Å²) in [5.74, 6) is 1.56. The lowest BCUT2D eigenvalue weighted by molar-refractivity contribution is 0.0802. The van der Waals surface area contributed by atoms with Gasteiger partial charge in [0.2, 0.25) is 5.78 Å². The van der Waals surface area contributed by atoms with E-state index in [0.717, 1.165) is 5.52 Å². The number of carbonyl (C=O) groups excluding carboxylic acids is 1. The van der Waals surface area contributed by atoms with Crippen LogP contribution in [0, 0.1) is 0 Å². The molecule has 0 fully saturated rings. The summed E-state index contributed by atoms with van der Waals surface area (Å²) in [6.45, 7) is 5.09. The van der Waals surface area contributed by atoms with Gasteiger partial charge in [-0.25, -0.2) is 0 Å². The molecule has 8 heteroatoms. The van der Waals surface area contributed by atoms with Gasteiger partial charge < -0.3 is 9.64 Å². The zero-order valence-corrected chi connectivity index (χ0v) is 17.2. The molecule has 2 aromatic carbocycles. The third-order valence-corrected chi connectivity index (χ3v) is 5.16. The molecule has 154 valence electrons. The predicted octanol–water partition coefficient (Wildman–Crippen LogP) is 2.74. The third-order valence-electron chi connectivity index (χ3n) is 5.16. The van der Waals surface area contributed by atoms with Gasteiger partial charge in [-0.15, -0.1) is 10.2 Å². The molecule has 30 heavy (non-hydrogen) atoms. The van der Waals surface area contributed by atoms with Gasteiger partial charge in [0.1, 0.15) is 12.4 Å². The first-order valence-corrected chi connectivity index (χ1v) is 9.89. The Morgan fingerprint density at radius 2 is 1.90 bits per heavy atom. The van der Waals surface area contributed by atoms with E-state index in [9.17, 15) is 9.59 Å². The van der Waals surface area contributed by atoms with Crippen LogP contribution in [-0.4, -0.2) is 43.6 Å². The first kappa shape index (κ1) is 19.6. The predicted molar refractivity (Wildman–Crippen MR) is 114 cm³/mol. The minimum Gasteiger partial charge on any atom is -0.486 e. The molecule has 0 aliphatic heterocycles. The van der Waals surface area contributed by atoms with Crippen molar-refractivity contribution in [3.63, 3.8) is 0 Å². The second kappa shape index (κ2) is 7.98. The highest BCUT2D eigenvalue weighted by molar-refractivity contribution is 5.94. The molecule has 8 nitrogen and oxygen atoms in total.